The van der Waals surface area contributed by atoms with Crippen LogP contribution in [0.25, 0.3) is 15.7 Å². The number of fused-ring (bicyclic) bond motifs is 1. The Labute approximate surface area is 208 Å². The summed E-state index contributed by atoms with van der Waals surface area (Å²) in [4.78, 5) is 31.2. The first kappa shape index (κ1) is 23.1. The van der Waals surface area contributed by atoms with Crippen molar-refractivity contribution in [3.63, 3.8) is 0 Å². The summed E-state index contributed by atoms with van der Waals surface area (Å²) in [7, 11) is 1.57. The highest BCUT2D eigenvalue weighted by Gasteiger charge is 2.49. The second-order valence-electron chi connectivity index (χ2n) is 9.08. The van der Waals surface area contributed by atoms with Crippen molar-refractivity contribution < 1.29 is 14.3 Å². The Morgan fingerprint density at radius 1 is 1.11 bits per heavy atom. The van der Waals surface area contributed by atoms with Crippen molar-refractivity contribution in [1.29, 1.82) is 5.41 Å². The molecule has 0 unspecified atom stereocenters. The van der Waals surface area contributed by atoms with E-state index in [9.17, 15) is 9.59 Å². The van der Waals surface area contributed by atoms with Gasteiger partial charge in [-0.15, -0.1) is 11.3 Å². The normalized spacial score (nSPS) is 17.9. The Morgan fingerprint density at radius 2 is 1.86 bits per heavy atom. The number of amides is 2. The summed E-state index contributed by atoms with van der Waals surface area (Å²) in [6, 6.07) is 15.5. The summed E-state index contributed by atoms with van der Waals surface area (Å²) < 4.78 is 6.64. The summed E-state index contributed by atoms with van der Waals surface area (Å²) in [5.41, 5.74) is 7.25. The van der Waals surface area contributed by atoms with Crippen LogP contribution in [0.2, 0.25) is 0 Å². The number of carbonyl (C=O) groups excluding carboxylic acids is 2. The van der Waals surface area contributed by atoms with Crippen LogP contribution in [0.15, 0.2) is 54.7 Å². The van der Waals surface area contributed by atoms with E-state index in [4.69, 9.17) is 15.9 Å². The zero-order valence-electron chi connectivity index (χ0n) is 19.6. The maximum atomic E-state index is 13.6. The lowest BCUT2D eigenvalue weighted by Gasteiger charge is -2.37. The zero-order chi connectivity index (χ0) is 24.6. The van der Waals surface area contributed by atoms with Gasteiger partial charge < -0.3 is 25.7 Å². The Morgan fingerprint density at radius 3 is 2.54 bits per heavy atom. The predicted molar refractivity (Wildman–Crippen MR) is 140 cm³/mol. The summed E-state index contributed by atoms with van der Waals surface area (Å²) in [5, 5.41) is 8.65. The molecule has 7 nitrogen and oxygen atoms in total. The Bertz CT molecular complexity index is 1300. The molecule has 3 N–H and O–H groups in total. The number of hydrogen-bond donors (Lipinski definition) is 2. The van der Waals surface area contributed by atoms with Crippen molar-refractivity contribution in [2.45, 2.75) is 19.3 Å². The maximum Gasteiger partial charge on any atom is 0.263 e. The molecule has 0 aliphatic carbocycles. The second-order valence-corrected chi connectivity index (χ2v) is 10.2. The number of rotatable bonds is 5. The molecule has 0 bridgehead atoms. The Kier molecular flexibility index (Phi) is 6.06. The molecule has 5 rings (SSSR count). The third-order valence-corrected chi connectivity index (χ3v) is 8.40. The smallest absolute Gasteiger partial charge is 0.263 e. The molecule has 1 aromatic heterocycles. The first-order valence-electron chi connectivity index (χ1n) is 11.7. The predicted octanol–water partition coefficient (Wildman–Crippen LogP) is 4.52. The molecular formula is C27H28N4O3S. The van der Waals surface area contributed by atoms with Gasteiger partial charge >= 0.3 is 0 Å². The van der Waals surface area contributed by atoms with Crippen molar-refractivity contribution in [2.24, 2.45) is 11.1 Å². The van der Waals surface area contributed by atoms with Crippen molar-refractivity contribution >= 4 is 50.7 Å². The van der Waals surface area contributed by atoms with Gasteiger partial charge in [0.25, 0.3) is 5.91 Å². The fourth-order valence-corrected chi connectivity index (χ4v) is 6.24. The monoisotopic (exact) mass is 488 g/mol. The van der Waals surface area contributed by atoms with Gasteiger partial charge in [-0.2, -0.15) is 0 Å². The number of thiophene rings is 1. The van der Waals surface area contributed by atoms with Gasteiger partial charge in [0, 0.05) is 59.6 Å². The highest BCUT2D eigenvalue weighted by Crippen LogP contribution is 2.44. The largest absolute Gasteiger partial charge is 0.496 e. The van der Waals surface area contributed by atoms with Crippen LogP contribution in [0.4, 0.5) is 5.69 Å². The molecule has 2 aliphatic heterocycles. The molecule has 1 spiro atoms. The van der Waals surface area contributed by atoms with Gasteiger partial charge in [0.15, 0.2) is 0 Å². The van der Waals surface area contributed by atoms with Crippen molar-refractivity contribution in [3.8, 4) is 5.75 Å². The molecule has 0 radical (unpaired) electrons. The number of carbonyl (C=O) groups is 2. The third-order valence-electron chi connectivity index (χ3n) is 7.30. The van der Waals surface area contributed by atoms with Crippen molar-refractivity contribution in [3.05, 3.63) is 65.2 Å². The number of allylic oxidation sites excluding steroid dienone is 1. The number of hydrogen-bond acceptors (Lipinski definition) is 6. The molecule has 2 aromatic carbocycles. The van der Waals surface area contributed by atoms with Gasteiger partial charge in [-0.05, 0) is 48.9 Å². The topological polar surface area (TPSA) is 99.7 Å². The number of methoxy groups -OCH3 is 1. The van der Waals surface area contributed by atoms with Gasteiger partial charge in [-0.1, -0.05) is 18.2 Å². The van der Waals surface area contributed by atoms with E-state index in [0.717, 1.165) is 27.1 Å². The number of likely N-dealkylation sites (tertiary alicyclic amines) is 1. The minimum atomic E-state index is -0.430. The number of nitrogens with one attached hydrogen (secondary N) is 1. The zero-order valence-corrected chi connectivity index (χ0v) is 20.4. The molecule has 2 amide bonds. The molecule has 0 saturated carbocycles. The van der Waals surface area contributed by atoms with Crippen LogP contribution in [0.3, 0.4) is 0 Å². The van der Waals surface area contributed by atoms with Crippen LogP contribution in [0.1, 0.15) is 34.5 Å². The molecule has 180 valence electrons. The lowest BCUT2D eigenvalue weighted by atomic mass is 9.77. The van der Waals surface area contributed by atoms with Crippen molar-refractivity contribution in [2.75, 3.05) is 31.6 Å². The summed E-state index contributed by atoms with van der Waals surface area (Å²) >= 11 is 1.53. The van der Waals surface area contributed by atoms with E-state index in [1.807, 2.05) is 58.3 Å². The number of anilines is 1. The Balaban J connectivity index is 1.30. The SMILES string of the molecule is COc1cc(N2CCC3(CCN(C(=O)c4cc5ccccc5s4)CC3)C2=O)ccc1/C(C=N)=C/N. The average molecular weight is 489 g/mol. The highest BCUT2D eigenvalue weighted by molar-refractivity contribution is 7.20. The second kappa shape index (κ2) is 9.19. The van der Waals surface area contributed by atoms with E-state index in [-0.39, 0.29) is 11.8 Å². The summed E-state index contributed by atoms with van der Waals surface area (Å²) in [5.74, 6) is 0.738. The molecular weight excluding hydrogens is 460 g/mol. The molecule has 0 atom stereocenters. The molecule has 2 fully saturated rings. The van der Waals surface area contributed by atoms with Crippen LogP contribution in [0, 0.1) is 10.8 Å². The van der Waals surface area contributed by atoms with Crippen LogP contribution >= 0.6 is 11.3 Å². The molecule has 3 aromatic rings. The summed E-state index contributed by atoms with van der Waals surface area (Å²) in [6.45, 7) is 1.80. The highest BCUT2D eigenvalue weighted by atomic mass is 32.1. The van der Waals surface area contributed by atoms with Crippen LogP contribution < -0.4 is 15.4 Å². The summed E-state index contributed by atoms with van der Waals surface area (Å²) in [6.07, 6.45) is 4.66. The number of nitrogens with two attached hydrogens (primary N) is 1. The van der Waals surface area contributed by atoms with Gasteiger partial charge in [-0.25, -0.2) is 0 Å². The Hall–Kier alpha value is -3.65. The number of ether oxygens (including phenoxy) is 1. The maximum absolute atomic E-state index is 13.6. The lowest BCUT2D eigenvalue weighted by molar-refractivity contribution is -0.127. The molecule has 2 saturated heterocycles. The van der Waals surface area contributed by atoms with Crippen molar-refractivity contribution in [1.82, 2.24) is 4.90 Å². The van der Waals surface area contributed by atoms with E-state index >= 15 is 0 Å². The van der Waals surface area contributed by atoms with E-state index in [1.165, 1.54) is 23.8 Å². The fourth-order valence-electron chi connectivity index (χ4n) is 5.21. The minimum absolute atomic E-state index is 0.0543. The van der Waals surface area contributed by atoms with Gasteiger partial charge in [0.1, 0.15) is 5.75 Å². The molecule has 35 heavy (non-hydrogen) atoms. The molecule has 8 heteroatoms. The van der Waals surface area contributed by atoms with Crippen LogP contribution in [0.5, 0.6) is 5.75 Å². The first-order valence-corrected chi connectivity index (χ1v) is 12.5. The van der Waals surface area contributed by atoms with E-state index in [2.05, 4.69) is 0 Å². The van der Waals surface area contributed by atoms with E-state index in [1.54, 1.807) is 7.11 Å². The average Bonchev–Trinajstić information content (AvgIpc) is 3.47. The van der Waals surface area contributed by atoms with Gasteiger partial charge in [-0.3, -0.25) is 9.59 Å². The van der Waals surface area contributed by atoms with Crippen LogP contribution in [-0.2, 0) is 4.79 Å². The van der Waals surface area contributed by atoms with Gasteiger partial charge in [0.2, 0.25) is 5.91 Å². The minimum Gasteiger partial charge on any atom is -0.496 e. The fraction of sp³-hybridized carbons (Fsp3) is 0.296. The number of piperidine rings is 1. The number of benzene rings is 2. The van der Waals surface area contributed by atoms with Crippen LogP contribution in [-0.4, -0.2) is 49.7 Å². The third kappa shape index (κ3) is 3.97. The number of nitrogens with zero attached hydrogens (tertiary/aromatic N) is 2. The quantitative estimate of drug-likeness (QED) is 0.516. The lowest BCUT2D eigenvalue weighted by Crippen LogP contribution is -2.46. The molecule has 2 aliphatic rings. The van der Waals surface area contributed by atoms with Gasteiger partial charge in [0.05, 0.1) is 17.4 Å². The molecule has 3 heterocycles. The standard InChI is InChI=1S/C27H28N4O3S/c1-34-22-15-20(6-7-21(22)19(16-28)17-29)31-13-10-27(26(31)33)8-11-30(12-9-27)25(32)24-14-18-4-2-3-5-23(18)35-24/h2-7,14-17,28H,8-13,29H2,1H3/b19-17+,28-16?. The first-order chi connectivity index (χ1) is 17.0. The van der Waals surface area contributed by atoms with E-state index < -0.39 is 5.41 Å². The van der Waals surface area contributed by atoms with E-state index in [0.29, 0.717) is 49.4 Å².